The van der Waals surface area contributed by atoms with Crippen molar-refractivity contribution in [1.29, 1.82) is 0 Å². The molecule has 13 heavy (non-hydrogen) atoms. The van der Waals surface area contributed by atoms with Crippen LogP contribution in [0.2, 0.25) is 0 Å². The Bertz CT molecular complexity index is 214. The first-order valence-corrected chi connectivity index (χ1v) is 6.01. The molecular weight excluding hydrogens is 184 g/mol. The van der Waals surface area contributed by atoms with Crippen molar-refractivity contribution in [2.75, 3.05) is 18.1 Å². The van der Waals surface area contributed by atoms with Crippen LogP contribution in [0, 0.1) is 0 Å². The van der Waals surface area contributed by atoms with Crippen LogP contribution in [-0.4, -0.2) is 35.5 Å². The van der Waals surface area contributed by atoms with Crippen molar-refractivity contribution in [3.63, 3.8) is 0 Å². The van der Waals surface area contributed by atoms with Gasteiger partial charge in [0, 0.05) is 17.8 Å². The molecule has 2 aliphatic heterocycles. The Morgan fingerprint density at radius 2 is 2.46 bits per heavy atom. The SMILES string of the molecule is C[C@@H]1NC2(CCCSC2)CNC1=O. The highest BCUT2D eigenvalue weighted by molar-refractivity contribution is 7.99. The number of carbonyl (C=O) groups is 1. The van der Waals surface area contributed by atoms with Gasteiger partial charge in [0.1, 0.15) is 0 Å². The van der Waals surface area contributed by atoms with E-state index in [0.717, 1.165) is 12.3 Å². The van der Waals surface area contributed by atoms with Crippen molar-refractivity contribution in [2.24, 2.45) is 0 Å². The normalized spacial score (nSPS) is 40.4. The Labute approximate surface area is 83.0 Å². The molecule has 2 rings (SSSR count). The lowest BCUT2D eigenvalue weighted by atomic mass is 9.92. The number of nitrogens with one attached hydrogen (secondary N) is 2. The van der Waals surface area contributed by atoms with Crippen molar-refractivity contribution < 1.29 is 4.79 Å². The first kappa shape index (κ1) is 9.34. The topological polar surface area (TPSA) is 41.1 Å². The summed E-state index contributed by atoms with van der Waals surface area (Å²) in [5.74, 6) is 2.55. The van der Waals surface area contributed by atoms with Crippen LogP contribution in [0.25, 0.3) is 0 Å². The second kappa shape index (κ2) is 3.50. The monoisotopic (exact) mass is 200 g/mol. The molecule has 0 saturated carbocycles. The zero-order valence-corrected chi connectivity index (χ0v) is 8.75. The molecule has 1 spiro atoms. The van der Waals surface area contributed by atoms with Crippen LogP contribution in [-0.2, 0) is 4.79 Å². The lowest BCUT2D eigenvalue weighted by Gasteiger charge is -2.43. The van der Waals surface area contributed by atoms with Crippen LogP contribution in [0.15, 0.2) is 0 Å². The van der Waals surface area contributed by atoms with Gasteiger partial charge in [0.2, 0.25) is 5.91 Å². The van der Waals surface area contributed by atoms with Crippen LogP contribution in [0.1, 0.15) is 19.8 Å². The number of hydrogen-bond acceptors (Lipinski definition) is 3. The molecule has 2 saturated heterocycles. The molecule has 1 unspecified atom stereocenters. The molecular formula is C9H16N2OS. The van der Waals surface area contributed by atoms with E-state index in [2.05, 4.69) is 10.6 Å². The van der Waals surface area contributed by atoms with Crippen LogP contribution in [0.5, 0.6) is 0 Å². The van der Waals surface area contributed by atoms with Crippen LogP contribution in [0.4, 0.5) is 0 Å². The lowest BCUT2D eigenvalue weighted by Crippen LogP contribution is -2.67. The molecule has 74 valence electrons. The first-order valence-electron chi connectivity index (χ1n) is 4.85. The van der Waals surface area contributed by atoms with E-state index in [1.807, 2.05) is 18.7 Å². The van der Waals surface area contributed by atoms with Crippen molar-refractivity contribution in [3.8, 4) is 0 Å². The van der Waals surface area contributed by atoms with E-state index in [9.17, 15) is 4.79 Å². The van der Waals surface area contributed by atoms with Gasteiger partial charge in [-0.3, -0.25) is 10.1 Å². The zero-order chi connectivity index (χ0) is 9.31. The molecule has 0 bridgehead atoms. The number of carbonyl (C=O) groups excluding carboxylic acids is 1. The number of thioether (sulfide) groups is 1. The molecule has 0 aliphatic carbocycles. The molecule has 2 N–H and O–H groups in total. The third kappa shape index (κ3) is 1.83. The summed E-state index contributed by atoms with van der Waals surface area (Å²) in [6, 6.07) is -0.0209. The zero-order valence-electron chi connectivity index (χ0n) is 7.93. The standard InChI is InChI=1S/C9H16N2OS/c1-7-8(12)10-5-9(11-7)3-2-4-13-6-9/h7,11H,2-6H2,1H3,(H,10,12)/t7-,9?/m0/s1. The van der Waals surface area contributed by atoms with Crippen molar-refractivity contribution in [2.45, 2.75) is 31.3 Å². The second-order valence-corrected chi connectivity index (χ2v) is 5.13. The van der Waals surface area contributed by atoms with Gasteiger partial charge in [0.15, 0.2) is 0 Å². The van der Waals surface area contributed by atoms with Crippen LogP contribution < -0.4 is 10.6 Å². The fourth-order valence-electron chi connectivity index (χ4n) is 2.09. The maximum absolute atomic E-state index is 11.2. The Morgan fingerprint density at radius 1 is 1.62 bits per heavy atom. The molecule has 2 aliphatic rings. The van der Waals surface area contributed by atoms with Gasteiger partial charge in [-0.25, -0.2) is 0 Å². The summed E-state index contributed by atoms with van der Waals surface area (Å²) in [5, 5.41) is 6.43. The minimum Gasteiger partial charge on any atom is -0.353 e. The van der Waals surface area contributed by atoms with Gasteiger partial charge >= 0.3 is 0 Å². The Morgan fingerprint density at radius 3 is 3.08 bits per heavy atom. The molecule has 2 heterocycles. The molecule has 0 aromatic rings. The van der Waals surface area contributed by atoms with E-state index in [1.165, 1.54) is 18.6 Å². The predicted octanol–water partition coefficient (Wildman–Crippen LogP) is 0.360. The smallest absolute Gasteiger partial charge is 0.236 e. The Hall–Kier alpha value is -0.220. The molecule has 2 atom stereocenters. The van der Waals surface area contributed by atoms with E-state index in [4.69, 9.17) is 0 Å². The molecule has 0 radical (unpaired) electrons. The molecule has 0 aromatic heterocycles. The maximum Gasteiger partial charge on any atom is 0.236 e. The maximum atomic E-state index is 11.2. The fraction of sp³-hybridized carbons (Fsp3) is 0.889. The summed E-state index contributed by atoms with van der Waals surface area (Å²) < 4.78 is 0. The molecule has 2 fully saturated rings. The minimum absolute atomic E-state index is 0.0209. The largest absolute Gasteiger partial charge is 0.353 e. The van der Waals surface area contributed by atoms with Gasteiger partial charge in [-0.15, -0.1) is 0 Å². The van der Waals surface area contributed by atoms with Gasteiger partial charge in [0.05, 0.1) is 6.04 Å². The number of piperazine rings is 1. The second-order valence-electron chi connectivity index (χ2n) is 4.02. The highest BCUT2D eigenvalue weighted by Gasteiger charge is 2.38. The molecule has 4 heteroatoms. The van der Waals surface area contributed by atoms with Crippen molar-refractivity contribution in [3.05, 3.63) is 0 Å². The summed E-state index contributed by atoms with van der Waals surface area (Å²) in [5.41, 5.74) is 0.191. The summed E-state index contributed by atoms with van der Waals surface area (Å²) >= 11 is 1.99. The van der Waals surface area contributed by atoms with Gasteiger partial charge in [0.25, 0.3) is 0 Å². The Balaban J connectivity index is 2.02. The molecule has 3 nitrogen and oxygen atoms in total. The van der Waals surface area contributed by atoms with Gasteiger partial charge < -0.3 is 5.32 Å². The van der Waals surface area contributed by atoms with E-state index >= 15 is 0 Å². The summed E-state index contributed by atoms with van der Waals surface area (Å²) in [7, 11) is 0. The van der Waals surface area contributed by atoms with E-state index < -0.39 is 0 Å². The highest BCUT2D eigenvalue weighted by Crippen LogP contribution is 2.28. The quantitative estimate of drug-likeness (QED) is 0.593. The van der Waals surface area contributed by atoms with Gasteiger partial charge in [-0.2, -0.15) is 11.8 Å². The average molecular weight is 200 g/mol. The van der Waals surface area contributed by atoms with Crippen LogP contribution in [0.3, 0.4) is 0 Å². The lowest BCUT2D eigenvalue weighted by molar-refractivity contribution is -0.125. The van der Waals surface area contributed by atoms with Gasteiger partial charge in [-0.1, -0.05) is 0 Å². The summed E-state index contributed by atoms with van der Waals surface area (Å²) in [4.78, 5) is 11.2. The van der Waals surface area contributed by atoms with E-state index in [-0.39, 0.29) is 17.5 Å². The summed E-state index contributed by atoms with van der Waals surface area (Å²) in [6.45, 7) is 2.75. The fourth-order valence-corrected chi connectivity index (χ4v) is 3.30. The van der Waals surface area contributed by atoms with Crippen molar-refractivity contribution >= 4 is 17.7 Å². The van der Waals surface area contributed by atoms with E-state index in [0.29, 0.717) is 0 Å². The number of amides is 1. The molecule has 0 aromatic carbocycles. The average Bonchev–Trinajstić information content (AvgIpc) is 2.14. The molecule has 1 amide bonds. The van der Waals surface area contributed by atoms with Gasteiger partial charge in [-0.05, 0) is 25.5 Å². The van der Waals surface area contributed by atoms with Crippen LogP contribution >= 0.6 is 11.8 Å². The first-order chi connectivity index (χ1) is 6.22. The summed E-state index contributed by atoms with van der Waals surface area (Å²) in [6.07, 6.45) is 2.46. The number of rotatable bonds is 0. The predicted molar refractivity (Wildman–Crippen MR) is 54.9 cm³/mol. The minimum atomic E-state index is -0.0209. The number of hydrogen-bond donors (Lipinski definition) is 2. The third-order valence-corrected chi connectivity index (χ3v) is 4.17. The third-order valence-electron chi connectivity index (χ3n) is 2.84. The highest BCUT2D eigenvalue weighted by atomic mass is 32.2. The Kier molecular flexibility index (Phi) is 2.51. The van der Waals surface area contributed by atoms with E-state index in [1.54, 1.807) is 0 Å². The van der Waals surface area contributed by atoms with Crippen molar-refractivity contribution in [1.82, 2.24) is 10.6 Å².